The van der Waals surface area contributed by atoms with Gasteiger partial charge in [0.05, 0.1) is 6.54 Å². The summed E-state index contributed by atoms with van der Waals surface area (Å²) in [6.45, 7) is 7.48. The van der Waals surface area contributed by atoms with Crippen molar-refractivity contribution in [2.24, 2.45) is 0 Å². The van der Waals surface area contributed by atoms with E-state index >= 15 is 0 Å². The van der Waals surface area contributed by atoms with Crippen LogP contribution >= 0.6 is 0 Å². The molecule has 3 heteroatoms. The summed E-state index contributed by atoms with van der Waals surface area (Å²) in [6, 6.07) is 10.1. The third-order valence-corrected chi connectivity index (χ3v) is 3.34. The Morgan fingerprint density at radius 3 is 2.50 bits per heavy atom. The summed E-state index contributed by atoms with van der Waals surface area (Å²) in [5.74, 6) is 0.0717. The first-order valence-corrected chi connectivity index (χ1v) is 7.59. The Morgan fingerprint density at radius 1 is 1.15 bits per heavy atom. The van der Waals surface area contributed by atoms with Crippen molar-refractivity contribution in [3.63, 3.8) is 0 Å². The fourth-order valence-corrected chi connectivity index (χ4v) is 2.22. The number of nitrogens with one attached hydrogen (secondary N) is 2. The highest BCUT2D eigenvalue weighted by Gasteiger charge is 2.19. The van der Waals surface area contributed by atoms with E-state index in [1.165, 1.54) is 24.8 Å². The van der Waals surface area contributed by atoms with E-state index in [-0.39, 0.29) is 11.4 Å². The molecule has 0 fully saturated rings. The highest BCUT2D eigenvalue weighted by Crippen LogP contribution is 2.13. The SMILES string of the molecule is CCCCCC(C)(C)NC(=O)CNCc1ccccc1. The van der Waals surface area contributed by atoms with Gasteiger partial charge in [-0.15, -0.1) is 0 Å². The molecule has 0 saturated carbocycles. The molecule has 0 aliphatic rings. The van der Waals surface area contributed by atoms with E-state index in [2.05, 4.69) is 43.5 Å². The van der Waals surface area contributed by atoms with E-state index in [0.717, 1.165) is 13.0 Å². The molecule has 1 aromatic carbocycles. The minimum Gasteiger partial charge on any atom is -0.350 e. The molecule has 3 nitrogen and oxygen atoms in total. The maximum absolute atomic E-state index is 11.9. The van der Waals surface area contributed by atoms with Crippen molar-refractivity contribution in [3.05, 3.63) is 35.9 Å². The van der Waals surface area contributed by atoms with Crippen LogP contribution in [0, 0.1) is 0 Å². The predicted molar refractivity (Wildman–Crippen MR) is 84.5 cm³/mol. The van der Waals surface area contributed by atoms with Crippen molar-refractivity contribution in [2.75, 3.05) is 6.54 Å². The van der Waals surface area contributed by atoms with Crippen LogP contribution in [0.15, 0.2) is 30.3 Å². The lowest BCUT2D eigenvalue weighted by Gasteiger charge is -2.26. The van der Waals surface area contributed by atoms with Gasteiger partial charge in [0.25, 0.3) is 0 Å². The third-order valence-electron chi connectivity index (χ3n) is 3.34. The van der Waals surface area contributed by atoms with Gasteiger partial charge in [0.2, 0.25) is 5.91 Å². The summed E-state index contributed by atoms with van der Waals surface area (Å²) in [5, 5.41) is 6.28. The molecule has 112 valence electrons. The molecule has 0 aliphatic carbocycles. The summed E-state index contributed by atoms with van der Waals surface area (Å²) in [7, 11) is 0. The van der Waals surface area contributed by atoms with E-state index in [1.807, 2.05) is 18.2 Å². The van der Waals surface area contributed by atoms with Crippen LogP contribution < -0.4 is 10.6 Å². The number of amides is 1. The normalized spacial score (nSPS) is 11.3. The predicted octanol–water partition coefficient (Wildman–Crippen LogP) is 3.25. The van der Waals surface area contributed by atoms with Crippen molar-refractivity contribution >= 4 is 5.91 Å². The molecular formula is C17H28N2O. The maximum Gasteiger partial charge on any atom is 0.234 e. The van der Waals surface area contributed by atoms with Gasteiger partial charge in [-0.25, -0.2) is 0 Å². The zero-order chi connectivity index (χ0) is 14.8. The van der Waals surface area contributed by atoms with Crippen LogP contribution in [0.2, 0.25) is 0 Å². The lowest BCUT2D eigenvalue weighted by atomic mass is 9.96. The van der Waals surface area contributed by atoms with Crippen LogP contribution in [0.3, 0.4) is 0 Å². The molecule has 0 unspecified atom stereocenters. The molecule has 0 saturated heterocycles. The number of hydrogen-bond acceptors (Lipinski definition) is 2. The fraction of sp³-hybridized carbons (Fsp3) is 0.588. The Kier molecular flexibility index (Phi) is 7.31. The molecule has 0 aliphatic heterocycles. The summed E-state index contributed by atoms with van der Waals surface area (Å²) in [6.07, 6.45) is 4.64. The van der Waals surface area contributed by atoms with Crippen LogP contribution in [0.4, 0.5) is 0 Å². The lowest BCUT2D eigenvalue weighted by Crippen LogP contribution is -2.46. The molecule has 0 heterocycles. The number of carbonyl (C=O) groups is 1. The van der Waals surface area contributed by atoms with Crippen LogP contribution in [0.25, 0.3) is 0 Å². The van der Waals surface area contributed by atoms with Gasteiger partial charge in [0, 0.05) is 12.1 Å². The summed E-state index contributed by atoms with van der Waals surface area (Å²) in [4.78, 5) is 11.9. The van der Waals surface area contributed by atoms with E-state index in [1.54, 1.807) is 0 Å². The van der Waals surface area contributed by atoms with Crippen molar-refractivity contribution in [1.82, 2.24) is 10.6 Å². The number of carbonyl (C=O) groups excluding carboxylic acids is 1. The quantitative estimate of drug-likeness (QED) is 0.680. The summed E-state index contributed by atoms with van der Waals surface area (Å²) < 4.78 is 0. The van der Waals surface area contributed by atoms with Crippen LogP contribution in [-0.4, -0.2) is 18.0 Å². The van der Waals surface area contributed by atoms with E-state index in [0.29, 0.717) is 6.54 Å². The first-order valence-electron chi connectivity index (χ1n) is 7.59. The van der Waals surface area contributed by atoms with Gasteiger partial charge in [-0.05, 0) is 25.8 Å². The van der Waals surface area contributed by atoms with Crippen molar-refractivity contribution in [3.8, 4) is 0 Å². The zero-order valence-corrected chi connectivity index (χ0v) is 13.0. The van der Waals surface area contributed by atoms with Gasteiger partial charge < -0.3 is 10.6 Å². The monoisotopic (exact) mass is 276 g/mol. The minimum atomic E-state index is -0.110. The lowest BCUT2D eigenvalue weighted by molar-refractivity contribution is -0.121. The Bertz CT molecular complexity index is 387. The molecule has 1 rings (SSSR count). The van der Waals surface area contributed by atoms with E-state index in [4.69, 9.17) is 0 Å². The van der Waals surface area contributed by atoms with Crippen molar-refractivity contribution < 1.29 is 4.79 Å². The van der Waals surface area contributed by atoms with E-state index in [9.17, 15) is 4.79 Å². The van der Waals surface area contributed by atoms with Gasteiger partial charge in [0.1, 0.15) is 0 Å². The Labute approximate surface area is 123 Å². The molecule has 0 atom stereocenters. The largest absolute Gasteiger partial charge is 0.350 e. The molecule has 2 N–H and O–H groups in total. The van der Waals surface area contributed by atoms with Crippen LogP contribution in [-0.2, 0) is 11.3 Å². The molecule has 0 spiro atoms. The first-order chi connectivity index (χ1) is 9.53. The molecular weight excluding hydrogens is 248 g/mol. The van der Waals surface area contributed by atoms with Crippen molar-refractivity contribution in [1.29, 1.82) is 0 Å². The number of unbranched alkanes of at least 4 members (excludes halogenated alkanes) is 2. The molecule has 20 heavy (non-hydrogen) atoms. The Balaban J connectivity index is 2.22. The number of hydrogen-bond donors (Lipinski definition) is 2. The third kappa shape index (κ3) is 7.29. The molecule has 0 bridgehead atoms. The summed E-state index contributed by atoms with van der Waals surface area (Å²) >= 11 is 0. The molecule has 0 aromatic heterocycles. The van der Waals surface area contributed by atoms with Gasteiger partial charge in [-0.2, -0.15) is 0 Å². The van der Waals surface area contributed by atoms with E-state index < -0.39 is 0 Å². The van der Waals surface area contributed by atoms with Gasteiger partial charge in [-0.3, -0.25) is 4.79 Å². The Hall–Kier alpha value is -1.35. The second kappa shape index (κ2) is 8.75. The maximum atomic E-state index is 11.9. The average Bonchev–Trinajstić information content (AvgIpc) is 2.39. The molecule has 0 radical (unpaired) electrons. The summed E-state index contributed by atoms with van der Waals surface area (Å²) in [5.41, 5.74) is 1.09. The van der Waals surface area contributed by atoms with Gasteiger partial charge >= 0.3 is 0 Å². The highest BCUT2D eigenvalue weighted by atomic mass is 16.2. The van der Waals surface area contributed by atoms with Crippen molar-refractivity contribution in [2.45, 2.75) is 58.5 Å². The standard InChI is InChI=1S/C17H28N2O/c1-4-5-9-12-17(2,3)19-16(20)14-18-13-15-10-7-6-8-11-15/h6-8,10-11,18H,4-5,9,12-14H2,1-3H3,(H,19,20). The average molecular weight is 276 g/mol. The molecule has 1 amide bonds. The minimum absolute atomic E-state index is 0.0717. The highest BCUT2D eigenvalue weighted by molar-refractivity contribution is 5.78. The van der Waals surface area contributed by atoms with Crippen LogP contribution in [0.5, 0.6) is 0 Å². The fourth-order valence-electron chi connectivity index (χ4n) is 2.22. The topological polar surface area (TPSA) is 41.1 Å². The van der Waals surface area contributed by atoms with Crippen LogP contribution in [0.1, 0.15) is 52.0 Å². The number of rotatable bonds is 9. The second-order valence-electron chi connectivity index (χ2n) is 5.98. The zero-order valence-electron chi connectivity index (χ0n) is 13.0. The first kappa shape index (κ1) is 16.7. The van der Waals surface area contributed by atoms with Gasteiger partial charge in [0.15, 0.2) is 0 Å². The molecule has 1 aromatic rings. The Morgan fingerprint density at radius 2 is 1.85 bits per heavy atom. The number of benzene rings is 1. The smallest absolute Gasteiger partial charge is 0.234 e. The van der Waals surface area contributed by atoms with Gasteiger partial charge in [-0.1, -0.05) is 56.5 Å². The second-order valence-corrected chi connectivity index (χ2v) is 5.98.